The predicted molar refractivity (Wildman–Crippen MR) is 75.3 cm³/mol. The number of fused-ring (bicyclic) bond motifs is 2. The molecule has 0 radical (unpaired) electrons. The van der Waals surface area contributed by atoms with Crippen molar-refractivity contribution in [3.05, 3.63) is 33.9 Å². The van der Waals surface area contributed by atoms with Crippen molar-refractivity contribution in [3.63, 3.8) is 0 Å². The Balaban J connectivity index is 1.97. The van der Waals surface area contributed by atoms with Gasteiger partial charge in [0.05, 0.1) is 24.1 Å². The maximum Gasteiger partial charge on any atom is 0.282 e. The summed E-state index contributed by atoms with van der Waals surface area (Å²) in [4.78, 5) is 10.8. The Hall–Kier alpha value is -1.62. The van der Waals surface area contributed by atoms with Crippen LogP contribution in [-0.4, -0.2) is 33.6 Å². The van der Waals surface area contributed by atoms with Gasteiger partial charge >= 0.3 is 0 Å². The van der Waals surface area contributed by atoms with Gasteiger partial charge in [0.1, 0.15) is 17.9 Å². The highest BCUT2D eigenvalue weighted by Crippen LogP contribution is 2.44. The summed E-state index contributed by atoms with van der Waals surface area (Å²) < 4.78 is 0.860. The summed E-state index contributed by atoms with van der Waals surface area (Å²) in [5.41, 5.74) is 0.549. The van der Waals surface area contributed by atoms with Crippen LogP contribution >= 0.6 is 0 Å². The molecule has 20 heavy (non-hydrogen) atoms. The monoisotopic (exact) mass is 277 g/mol. The molecule has 0 aromatic heterocycles. The lowest BCUT2D eigenvalue weighted by Crippen LogP contribution is -2.55. The number of piperidine rings is 1. The van der Waals surface area contributed by atoms with Crippen LogP contribution in [0.15, 0.2) is 18.2 Å². The minimum Gasteiger partial charge on any atom is -0.507 e. The summed E-state index contributed by atoms with van der Waals surface area (Å²) in [5, 5.41) is 21.3. The number of phenols is 1. The standard InChI is InChI=1S/C15H20N2O3/c1-17(11-4-2-5-12(17)9-8-11)10-13-14(16(19)20)6-3-7-15(13)18/h3,6-7,11-12H,2,4-5,8-10H2,1H3/p+1. The van der Waals surface area contributed by atoms with Gasteiger partial charge in [-0.25, -0.2) is 0 Å². The minimum absolute atomic E-state index is 0.0503. The smallest absolute Gasteiger partial charge is 0.282 e. The lowest BCUT2D eigenvalue weighted by molar-refractivity contribution is -0.960. The van der Waals surface area contributed by atoms with Gasteiger partial charge in [0.2, 0.25) is 0 Å². The van der Waals surface area contributed by atoms with E-state index in [1.54, 1.807) is 12.1 Å². The molecule has 2 saturated heterocycles. The fraction of sp³-hybridized carbons (Fsp3) is 0.600. The van der Waals surface area contributed by atoms with Gasteiger partial charge in [0.25, 0.3) is 5.69 Å². The summed E-state index contributed by atoms with van der Waals surface area (Å²) in [6, 6.07) is 5.77. The van der Waals surface area contributed by atoms with Crippen molar-refractivity contribution in [1.29, 1.82) is 0 Å². The molecule has 108 valence electrons. The third kappa shape index (κ3) is 1.97. The second kappa shape index (κ2) is 4.74. The van der Waals surface area contributed by atoms with Crippen LogP contribution < -0.4 is 0 Å². The summed E-state index contributed by atoms with van der Waals surface area (Å²) in [7, 11) is 2.21. The van der Waals surface area contributed by atoms with E-state index in [1.165, 1.54) is 38.2 Å². The van der Waals surface area contributed by atoms with Gasteiger partial charge < -0.3 is 9.59 Å². The highest BCUT2D eigenvalue weighted by Gasteiger charge is 2.49. The van der Waals surface area contributed by atoms with Gasteiger partial charge in [0, 0.05) is 18.9 Å². The fourth-order valence-corrected chi connectivity index (χ4v) is 4.24. The van der Waals surface area contributed by atoms with Crippen LogP contribution in [0.25, 0.3) is 0 Å². The first-order chi connectivity index (χ1) is 9.52. The Morgan fingerprint density at radius 1 is 1.30 bits per heavy atom. The van der Waals surface area contributed by atoms with Gasteiger partial charge in [-0.1, -0.05) is 6.07 Å². The molecule has 1 N–H and O–H groups in total. The van der Waals surface area contributed by atoms with E-state index >= 15 is 0 Å². The number of rotatable bonds is 3. The SMILES string of the molecule is C[N+]1(Cc2c(O)cccc2[N+](=O)[O-])C2CCCC1CC2. The predicted octanol–water partition coefficient (Wildman–Crippen LogP) is 2.96. The lowest BCUT2D eigenvalue weighted by Gasteiger charge is -2.44. The van der Waals surface area contributed by atoms with E-state index in [1.807, 2.05) is 0 Å². The Labute approximate surface area is 118 Å². The van der Waals surface area contributed by atoms with Crippen molar-refractivity contribution >= 4 is 5.69 Å². The van der Waals surface area contributed by atoms with Crippen LogP contribution in [0, 0.1) is 10.1 Å². The van der Waals surface area contributed by atoms with Crippen molar-refractivity contribution in [2.75, 3.05) is 7.05 Å². The van der Waals surface area contributed by atoms with E-state index in [4.69, 9.17) is 0 Å². The Morgan fingerprint density at radius 3 is 2.55 bits per heavy atom. The largest absolute Gasteiger partial charge is 0.507 e. The van der Waals surface area contributed by atoms with E-state index in [0.717, 1.165) is 4.48 Å². The van der Waals surface area contributed by atoms with Crippen molar-refractivity contribution in [2.45, 2.75) is 50.7 Å². The molecule has 0 aliphatic carbocycles. The summed E-state index contributed by atoms with van der Waals surface area (Å²) in [6.07, 6.45) is 6.10. The molecule has 5 heteroatoms. The highest BCUT2D eigenvalue weighted by atomic mass is 16.6. The quantitative estimate of drug-likeness (QED) is 0.525. The minimum atomic E-state index is -0.382. The zero-order valence-corrected chi connectivity index (χ0v) is 11.8. The van der Waals surface area contributed by atoms with Crippen LogP contribution in [0.5, 0.6) is 5.75 Å². The van der Waals surface area contributed by atoms with Crippen LogP contribution in [-0.2, 0) is 6.54 Å². The highest BCUT2D eigenvalue weighted by molar-refractivity contribution is 5.48. The van der Waals surface area contributed by atoms with Crippen LogP contribution in [0.4, 0.5) is 5.69 Å². The zero-order valence-electron chi connectivity index (χ0n) is 11.8. The number of benzene rings is 1. The average molecular weight is 277 g/mol. The molecule has 2 fully saturated rings. The number of nitrogens with zero attached hydrogens (tertiary/aromatic N) is 2. The van der Waals surface area contributed by atoms with E-state index in [-0.39, 0.29) is 16.4 Å². The molecule has 3 rings (SSSR count). The number of quaternary nitrogens is 1. The Morgan fingerprint density at radius 2 is 1.95 bits per heavy atom. The number of aromatic hydroxyl groups is 1. The molecule has 1 aromatic carbocycles. The van der Waals surface area contributed by atoms with Crippen molar-refractivity contribution < 1.29 is 14.5 Å². The fourth-order valence-electron chi connectivity index (χ4n) is 4.24. The number of phenolic OH excluding ortho intramolecular Hbond substituents is 1. The number of nitro benzene ring substituents is 1. The van der Waals surface area contributed by atoms with Crippen LogP contribution in [0.2, 0.25) is 0 Å². The van der Waals surface area contributed by atoms with Crippen molar-refractivity contribution in [2.24, 2.45) is 0 Å². The van der Waals surface area contributed by atoms with Crippen LogP contribution in [0.1, 0.15) is 37.7 Å². The van der Waals surface area contributed by atoms with Crippen LogP contribution in [0.3, 0.4) is 0 Å². The zero-order chi connectivity index (χ0) is 14.3. The van der Waals surface area contributed by atoms with Crippen molar-refractivity contribution in [1.82, 2.24) is 0 Å². The van der Waals surface area contributed by atoms with Gasteiger partial charge in [-0.2, -0.15) is 0 Å². The molecule has 2 unspecified atom stereocenters. The third-order valence-electron chi connectivity index (χ3n) is 5.40. The van der Waals surface area contributed by atoms with E-state index in [2.05, 4.69) is 7.05 Å². The maximum absolute atomic E-state index is 11.2. The third-order valence-corrected chi connectivity index (χ3v) is 5.40. The van der Waals surface area contributed by atoms with Gasteiger partial charge in [-0.15, -0.1) is 0 Å². The summed E-state index contributed by atoms with van der Waals surface area (Å²) in [6.45, 7) is 0.568. The molecular formula is C15H21N2O3+. The summed E-state index contributed by atoms with van der Waals surface area (Å²) >= 11 is 0. The van der Waals surface area contributed by atoms with Gasteiger partial charge in [-0.05, 0) is 25.3 Å². The molecular weight excluding hydrogens is 256 g/mol. The molecule has 0 spiro atoms. The average Bonchev–Trinajstić information content (AvgIpc) is 2.61. The number of hydrogen-bond acceptors (Lipinski definition) is 3. The Bertz CT molecular complexity index is 528. The molecule has 2 bridgehead atoms. The second-order valence-electron chi connectivity index (χ2n) is 6.35. The van der Waals surface area contributed by atoms with E-state index in [9.17, 15) is 15.2 Å². The molecule has 5 nitrogen and oxygen atoms in total. The van der Waals surface area contributed by atoms with E-state index in [0.29, 0.717) is 24.2 Å². The first-order valence-electron chi connectivity index (χ1n) is 7.32. The number of hydrogen-bond donors (Lipinski definition) is 1. The first-order valence-corrected chi connectivity index (χ1v) is 7.32. The molecule has 1 aromatic rings. The maximum atomic E-state index is 11.2. The molecule has 2 heterocycles. The number of nitro groups is 1. The van der Waals surface area contributed by atoms with Gasteiger partial charge in [0.15, 0.2) is 0 Å². The molecule has 2 aliphatic heterocycles. The topological polar surface area (TPSA) is 63.4 Å². The van der Waals surface area contributed by atoms with Crippen molar-refractivity contribution in [3.8, 4) is 5.75 Å². The lowest BCUT2D eigenvalue weighted by atomic mass is 9.97. The summed E-state index contributed by atoms with van der Waals surface area (Å²) in [5.74, 6) is 0.0588. The molecule has 2 aliphatic rings. The molecule has 2 atom stereocenters. The Kier molecular flexibility index (Phi) is 3.17. The molecule has 0 amide bonds. The first kappa shape index (κ1) is 13.4. The normalized spacial score (nSPS) is 32.2. The second-order valence-corrected chi connectivity index (χ2v) is 6.35. The molecule has 0 saturated carbocycles. The van der Waals surface area contributed by atoms with E-state index < -0.39 is 0 Å². The van der Waals surface area contributed by atoms with Gasteiger partial charge in [-0.3, -0.25) is 10.1 Å².